The van der Waals surface area contributed by atoms with Gasteiger partial charge >= 0.3 is 0 Å². The predicted octanol–water partition coefficient (Wildman–Crippen LogP) is 3.00. The highest BCUT2D eigenvalue weighted by molar-refractivity contribution is 6.29. The third-order valence-electron chi connectivity index (χ3n) is 2.18. The number of nitrogens with one attached hydrogen (secondary N) is 1. The van der Waals surface area contributed by atoms with Crippen LogP contribution in [0.4, 0.5) is 0 Å². The lowest BCUT2D eigenvalue weighted by molar-refractivity contribution is 0.514. The Balaban J connectivity index is 2.55. The molecule has 0 amide bonds. The van der Waals surface area contributed by atoms with Gasteiger partial charge in [-0.25, -0.2) is 0 Å². The van der Waals surface area contributed by atoms with Crippen molar-refractivity contribution in [2.45, 2.75) is 25.3 Å². The van der Waals surface area contributed by atoms with Crippen molar-refractivity contribution >= 4 is 11.6 Å². The van der Waals surface area contributed by atoms with E-state index in [9.17, 15) is 0 Å². The van der Waals surface area contributed by atoms with E-state index in [4.69, 9.17) is 22.4 Å². The summed E-state index contributed by atoms with van der Waals surface area (Å²) in [5.74, 6) is 2.62. The van der Waals surface area contributed by atoms with Gasteiger partial charge in [-0.05, 0) is 37.6 Å². The highest BCUT2D eigenvalue weighted by atomic mass is 35.5. The lowest BCUT2D eigenvalue weighted by atomic mass is 10.0. The van der Waals surface area contributed by atoms with Crippen LogP contribution in [-0.4, -0.2) is 7.05 Å². The molecule has 0 saturated heterocycles. The van der Waals surface area contributed by atoms with Gasteiger partial charge in [0.05, 0.1) is 6.26 Å². The molecule has 0 aliphatic rings. The molecule has 0 aliphatic carbocycles. The summed E-state index contributed by atoms with van der Waals surface area (Å²) in [7, 11) is 1.91. The second kappa shape index (κ2) is 5.74. The molecule has 1 aromatic rings. The van der Waals surface area contributed by atoms with Gasteiger partial charge in [-0.15, -0.1) is 12.3 Å². The summed E-state index contributed by atoms with van der Waals surface area (Å²) < 4.78 is 5.04. The zero-order valence-corrected chi connectivity index (χ0v) is 8.97. The number of hydrogen-bond acceptors (Lipinski definition) is 2. The van der Waals surface area contributed by atoms with Crippen molar-refractivity contribution in [1.82, 2.24) is 5.32 Å². The van der Waals surface area contributed by atoms with Crippen LogP contribution in [0.3, 0.4) is 0 Å². The zero-order valence-electron chi connectivity index (χ0n) is 8.22. The van der Waals surface area contributed by atoms with Gasteiger partial charge < -0.3 is 9.73 Å². The fourth-order valence-electron chi connectivity index (χ4n) is 1.42. The minimum atomic E-state index is 0.231. The molecule has 1 aromatic heterocycles. The van der Waals surface area contributed by atoms with E-state index in [1.807, 2.05) is 13.1 Å². The average Bonchev–Trinajstić information content (AvgIpc) is 2.60. The maximum absolute atomic E-state index is 5.88. The normalized spacial score (nSPS) is 12.4. The largest absolute Gasteiger partial charge is 0.453 e. The fourth-order valence-corrected chi connectivity index (χ4v) is 1.66. The van der Waals surface area contributed by atoms with Gasteiger partial charge in [0.2, 0.25) is 0 Å². The molecule has 0 fully saturated rings. The molecule has 0 saturated carbocycles. The maximum Gasteiger partial charge on any atom is 0.197 e. The molecule has 1 atom stereocenters. The van der Waals surface area contributed by atoms with Gasteiger partial charge in [0.25, 0.3) is 0 Å². The first-order chi connectivity index (χ1) is 6.79. The Morgan fingerprint density at radius 1 is 1.71 bits per heavy atom. The summed E-state index contributed by atoms with van der Waals surface area (Å²) in [5.41, 5.74) is 1.01. The molecule has 0 spiro atoms. The number of unbranched alkanes of at least 4 members (excludes halogenated alkanes) is 1. The van der Waals surface area contributed by atoms with Crippen LogP contribution in [-0.2, 0) is 0 Å². The molecule has 76 valence electrons. The average molecular weight is 212 g/mol. The number of halogens is 1. The quantitative estimate of drug-likeness (QED) is 0.599. The van der Waals surface area contributed by atoms with E-state index in [1.54, 1.807) is 6.26 Å². The minimum Gasteiger partial charge on any atom is -0.453 e. The highest BCUT2D eigenvalue weighted by Gasteiger charge is 2.14. The van der Waals surface area contributed by atoms with E-state index in [2.05, 4.69) is 11.2 Å². The Morgan fingerprint density at radius 2 is 2.50 bits per heavy atom. The van der Waals surface area contributed by atoms with Gasteiger partial charge in [0, 0.05) is 18.0 Å². The Kier molecular flexibility index (Phi) is 4.58. The predicted molar refractivity (Wildman–Crippen MR) is 58.2 cm³/mol. The first kappa shape index (κ1) is 11.2. The SMILES string of the molecule is C#CCCCC(NC)c1ccoc1Cl. The van der Waals surface area contributed by atoms with Crippen molar-refractivity contribution < 1.29 is 4.42 Å². The Bertz CT molecular complexity index is 313. The molecular formula is C11H14ClNO. The van der Waals surface area contributed by atoms with Crippen LogP contribution in [0.15, 0.2) is 16.7 Å². The molecule has 1 heterocycles. The molecule has 0 bridgehead atoms. The van der Waals surface area contributed by atoms with E-state index >= 15 is 0 Å². The molecule has 1 N–H and O–H groups in total. The Morgan fingerprint density at radius 3 is 3.00 bits per heavy atom. The topological polar surface area (TPSA) is 25.2 Å². The van der Waals surface area contributed by atoms with Crippen molar-refractivity contribution in [2.24, 2.45) is 0 Å². The van der Waals surface area contributed by atoms with Crippen LogP contribution in [0, 0.1) is 12.3 Å². The van der Waals surface area contributed by atoms with E-state index in [1.165, 1.54) is 0 Å². The van der Waals surface area contributed by atoms with Crippen molar-refractivity contribution in [3.63, 3.8) is 0 Å². The maximum atomic E-state index is 5.88. The summed E-state index contributed by atoms with van der Waals surface area (Å²) in [6, 6.07) is 2.12. The molecule has 0 aliphatic heterocycles. The molecule has 2 nitrogen and oxygen atoms in total. The van der Waals surface area contributed by atoms with E-state index in [0.29, 0.717) is 5.22 Å². The highest BCUT2D eigenvalue weighted by Crippen LogP contribution is 2.27. The monoisotopic (exact) mass is 211 g/mol. The van der Waals surface area contributed by atoms with E-state index in [0.717, 1.165) is 24.8 Å². The summed E-state index contributed by atoms with van der Waals surface area (Å²) in [6.45, 7) is 0. The Hall–Kier alpha value is -0.910. The standard InChI is InChI=1S/C11H14ClNO/c1-3-4-5-6-10(13-2)9-7-8-14-11(9)12/h1,7-8,10,13H,4-6H2,2H3. The van der Waals surface area contributed by atoms with Crippen molar-refractivity contribution in [2.75, 3.05) is 7.05 Å². The van der Waals surface area contributed by atoms with Gasteiger partial charge in [0.1, 0.15) is 0 Å². The number of furan rings is 1. The first-order valence-electron chi connectivity index (χ1n) is 4.63. The summed E-state index contributed by atoms with van der Waals surface area (Å²) >= 11 is 5.88. The number of terminal acetylenes is 1. The summed E-state index contributed by atoms with van der Waals surface area (Å²) in [6.07, 6.45) is 9.55. The van der Waals surface area contributed by atoms with E-state index in [-0.39, 0.29) is 6.04 Å². The molecule has 1 unspecified atom stereocenters. The van der Waals surface area contributed by atoms with Crippen molar-refractivity contribution in [1.29, 1.82) is 0 Å². The lowest BCUT2D eigenvalue weighted by Gasteiger charge is -2.13. The van der Waals surface area contributed by atoms with E-state index < -0.39 is 0 Å². The molecule has 3 heteroatoms. The van der Waals surface area contributed by atoms with Crippen molar-refractivity contribution in [3.8, 4) is 12.3 Å². The van der Waals surface area contributed by atoms with Crippen LogP contribution < -0.4 is 5.32 Å². The molecule has 0 aromatic carbocycles. The molecule has 1 rings (SSSR count). The second-order valence-electron chi connectivity index (χ2n) is 3.09. The fraction of sp³-hybridized carbons (Fsp3) is 0.455. The number of hydrogen-bond donors (Lipinski definition) is 1. The van der Waals surface area contributed by atoms with Gasteiger partial charge in [0.15, 0.2) is 5.22 Å². The van der Waals surface area contributed by atoms with Crippen LogP contribution in [0.5, 0.6) is 0 Å². The number of rotatable bonds is 5. The summed E-state index contributed by atoms with van der Waals surface area (Å²) in [4.78, 5) is 0. The smallest absolute Gasteiger partial charge is 0.197 e. The summed E-state index contributed by atoms with van der Waals surface area (Å²) in [5, 5.41) is 3.65. The molecular weight excluding hydrogens is 198 g/mol. The third-order valence-corrected chi connectivity index (χ3v) is 2.49. The van der Waals surface area contributed by atoms with Gasteiger partial charge in [-0.1, -0.05) is 0 Å². The van der Waals surface area contributed by atoms with Gasteiger partial charge in [-0.2, -0.15) is 0 Å². The second-order valence-corrected chi connectivity index (χ2v) is 3.43. The van der Waals surface area contributed by atoms with Crippen molar-refractivity contribution in [3.05, 3.63) is 23.1 Å². The molecule has 0 radical (unpaired) electrons. The van der Waals surface area contributed by atoms with Crippen LogP contribution in [0.2, 0.25) is 5.22 Å². The first-order valence-corrected chi connectivity index (χ1v) is 5.01. The zero-order chi connectivity index (χ0) is 10.4. The van der Waals surface area contributed by atoms with Crippen LogP contribution in [0.25, 0.3) is 0 Å². The molecule has 14 heavy (non-hydrogen) atoms. The minimum absolute atomic E-state index is 0.231. The van der Waals surface area contributed by atoms with Gasteiger partial charge in [-0.3, -0.25) is 0 Å². The Labute approximate surface area is 89.6 Å². The van der Waals surface area contributed by atoms with Crippen LogP contribution >= 0.6 is 11.6 Å². The lowest BCUT2D eigenvalue weighted by Crippen LogP contribution is -2.15. The van der Waals surface area contributed by atoms with Crippen LogP contribution in [0.1, 0.15) is 30.9 Å². The third kappa shape index (κ3) is 2.80.